The lowest BCUT2D eigenvalue weighted by molar-refractivity contribution is 0.587. The highest BCUT2D eigenvalue weighted by Gasteiger charge is 2.13. The van der Waals surface area contributed by atoms with Crippen molar-refractivity contribution in [1.29, 1.82) is 5.26 Å². The van der Waals surface area contributed by atoms with Crippen molar-refractivity contribution in [3.05, 3.63) is 53.7 Å². The highest BCUT2D eigenvalue weighted by molar-refractivity contribution is 5.61. The monoisotopic (exact) mass is 236 g/mol. The second-order valence-electron chi connectivity index (χ2n) is 5.37. The lowest BCUT2D eigenvalue weighted by Gasteiger charge is -2.18. The van der Waals surface area contributed by atoms with Gasteiger partial charge in [-0.15, -0.1) is 0 Å². The summed E-state index contributed by atoms with van der Waals surface area (Å²) >= 11 is 0. The van der Waals surface area contributed by atoms with E-state index in [0.717, 1.165) is 11.3 Å². The molecule has 0 aliphatic heterocycles. The molecular formula is C16H16N2. The molecule has 0 radical (unpaired) electrons. The smallest absolute Gasteiger partial charge is 0.0991 e. The molecule has 0 saturated heterocycles. The van der Waals surface area contributed by atoms with E-state index in [1.54, 1.807) is 6.07 Å². The van der Waals surface area contributed by atoms with Crippen LogP contribution in [0.15, 0.2) is 42.6 Å². The summed E-state index contributed by atoms with van der Waals surface area (Å²) in [6, 6.07) is 13.8. The van der Waals surface area contributed by atoms with E-state index in [9.17, 15) is 0 Å². The van der Waals surface area contributed by atoms with E-state index in [1.807, 2.05) is 30.5 Å². The Labute approximate surface area is 108 Å². The normalized spacial score (nSPS) is 11.0. The summed E-state index contributed by atoms with van der Waals surface area (Å²) in [5.74, 6) is 0. The van der Waals surface area contributed by atoms with Crippen molar-refractivity contribution in [1.82, 2.24) is 4.98 Å². The molecule has 0 spiro atoms. The summed E-state index contributed by atoms with van der Waals surface area (Å²) in [6.45, 7) is 6.50. The van der Waals surface area contributed by atoms with Crippen LogP contribution < -0.4 is 0 Å². The Kier molecular flexibility index (Phi) is 3.16. The summed E-state index contributed by atoms with van der Waals surface area (Å²) in [4.78, 5) is 4.48. The third-order valence-corrected chi connectivity index (χ3v) is 2.92. The number of hydrogen-bond acceptors (Lipinski definition) is 2. The zero-order valence-electron chi connectivity index (χ0n) is 10.9. The molecule has 0 atom stereocenters. The van der Waals surface area contributed by atoms with Gasteiger partial charge in [0.2, 0.25) is 0 Å². The van der Waals surface area contributed by atoms with Crippen LogP contribution in [0.25, 0.3) is 11.3 Å². The van der Waals surface area contributed by atoms with Crippen LogP contribution in [0.1, 0.15) is 31.9 Å². The second-order valence-corrected chi connectivity index (χ2v) is 5.37. The van der Waals surface area contributed by atoms with Crippen LogP contribution >= 0.6 is 0 Å². The lowest BCUT2D eigenvalue weighted by Crippen LogP contribution is -2.11. The Bertz CT molecular complexity index is 584. The molecule has 0 aliphatic carbocycles. The maximum absolute atomic E-state index is 8.89. The Morgan fingerprint density at radius 3 is 2.44 bits per heavy atom. The largest absolute Gasteiger partial charge is 0.256 e. The molecule has 1 aromatic carbocycles. The van der Waals surface area contributed by atoms with Gasteiger partial charge in [0.25, 0.3) is 0 Å². The molecule has 1 aromatic heterocycles. The fourth-order valence-corrected chi connectivity index (χ4v) is 1.76. The third kappa shape index (κ3) is 2.57. The van der Waals surface area contributed by atoms with Crippen LogP contribution in [-0.4, -0.2) is 4.98 Å². The van der Waals surface area contributed by atoms with Gasteiger partial charge in [0.05, 0.1) is 17.3 Å². The topological polar surface area (TPSA) is 36.7 Å². The van der Waals surface area contributed by atoms with Crippen LogP contribution in [-0.2, 0) is 5.41 Å². The van der Waals surface area contributed by atoms with E-state index in [4.69, 9.17) is 5.26 Å². The molecule has 90 valence electrons. The first-order valence-corrected chi connectivity index (χ1v) is 5.98. The third-order valence-electron chi connectivity index (χ3n) is 2.92. The predicted molar refractivity (Wildman–Crippen MR) is 73.1 cm³/mol. The Morgan fingerprint density at radius 2 is 1.89 bits per heavy atom. The van der Waals surface area contributed by atoms with Crippen LogP contribution in [0.4, 0.5) is 0 Å². The van der Waals surface area contributed by atoms with E-state index in [1.165, 1.54) is 5.56 Å². The number of nitrogens with zero attached hydrogens (tertiary/aromatic N) is 2. The standard InChI is InChI=1S/C16H16N2/c1-16(2,3)14-7-8-15(18-11-14)13-6-4-5-12(9-13)10-17/h4-9,11H,1-3H3. The van der Waals surface area contributed by atoms with Gasteiger partial charge in [0.15, 0.2) is 0 Å². The zero-order valence-corrected chi connectivity index (χ0v) is 10.9. The molecule has 0 bridgehead atoms. The van der Waals surface area contributed by atoms with E-state index < -0.39 is 0 Å². The van der Waals surface area contributed by atoms with E-state index >= 15 is 0 Å². The van der Waals surface area contributed by atoms with Crippen molar-refractivity contribution in [2.24, 2.45) is 0 Å². The SMILES string of the molecule is CC(C)(C)c1ccc(-c2cccc(C#N)c2)nc1. The predicted octanol–water partition coefficient (Wildman–Crippen LogP) is 3.92. The van der Waals surface area contributed by atoms with Crippen molar-refractivity contribution in [2.75, 3.05) is 0 Å². The minimum Gasteiger partial charge on any atom is -0.256 e. The first-order chi connectivity index (χ1) is 8.50. The van der Waals surface area contributed by atoms with E-state index in [0.29, 0.717) is 5.56 Å². The molecule has 2 aromatic rings. The average molecular weight is 236 g/mol. The van der Waals surface area contributed by atoms with Gasteiger partial charge in [-0.25, -0.2) is 0 Å². The number of rotatable bonds is 1. The number of hydrogen-bond donors (Lipinski definition) is 0. The highest BCUT2D eigenvalue weighted by atomic mass is 14.7. The van der Waals surface area contributed by atoms with Gasteiger partial charge in [-0.1, -0.05) is 39.0 Å². The lowest BCUT2D eigenvalue weighted by atomic mass is 9.88. The summed E-state index contributed by atoms with van der Waals surface area (Å²) in [7, 11) is 0. The van der Waals surface area contributed by atoms with Gasteiger partial charge in [0, 0.05) is 11.8 Å². The molecular weight excluding hydrogens is 220 g/mol. The van der Waals surface area contributed by atoms with Crippen molar-refractivity contribution in [3.63, 3.8) is 0 Å². The van der Waals surface area contributed by atoms with Crippen molar-refractivity contribution in [2.45, 2.75) is 26.2 Å². The molecule has 0 aliphatic rings. The Balaban J connectivity index is 2.38. The number of aromatic nitrogens is 1. The number of pyridine rings is 1. The summed E-state index contributed by atoms with van der Waals surface area (Å²) in [5.41, 5.74) is 3.87. The maximum Gasteiger partial charge on any atom is 0.0991 e. The fraction of sp³-hybridized carbons (Fsp3) is 0.250. The molecule has 0 saturated carbocycles. The van der Waals surface area contributed by atoms with Gasteiger partial charge in [0.1, 0.15) is 0 Å². The van der Waals surface area contributed by atoms with Crippen molar-refractivity contribution in [3.8, 4) is 17.3 Å². The number of benzene rings is 1. The fourth-order valence-electron chi connectivity index (χ4n) is 1.76. The minimum atomic E-state index is 0.111. The van der Waals surface area contributed by atoms with Gasteiger partial charge < -0.3 is 0 Å². The van der Waals surface area contributed by atoms with E-state index in [2.05, 4.69) is 37.9 Å². The van der Waals surface area contributed by atoms with Gasteiger partial charge >= 0.3 is 0 Å². The average Bonchev–Trinajstić information content (AvgIpc) is 2.38. The molecule has 2 nitrogen and oxygen atoms in total. The summed E-state index contributed by atoms with van der Waals surface area (Å²) < 4.78 is 0. The van der Waals surface area contributed by atoms with Crippen molar-refractivity contribution < 1.29 is 0 Å². The molecule has 1 heterocycles. The molecule has 18 heavy (non-hydrogen) atoms. The van der Waals surface area contributed by atoms with Gasteiger partial charge in [-0.2, -0.15) is 5.26 Å². The second kappa shape index (κ2) is 4.62. The van der Waals surface area contributed by atoms with Crippen LogP contribution in [0.3, 0.4) is 0 Å². The highest BCUT2D eigenvalue weighted by Crippen LogP contribution is 2.24. The molecule has 2 heteroatoms. The molecule has 0 unspecified atom stereocenters. The van der Waals surface area contributed by atoms with Crippen LogP contribution in [0, 0.1) is 11.3 Å². The molecule has 0 amide bonds. The van der Waals surface area contributed by atoms with Gasteiger partial charge in [-0.3, -0.25) is 4.98 Å². The molecule has 2 rings (SSSR count). The summed E-state index contributed by atoms with van der Waals surface area (Å²) in [5, 5.41) is 8.89. The van der Waals surface area contributed by atoms with E-state index in [-0.39, 0.29) is 5.41 Å². The van der Waals surface area contributed by atoms with Gasteiger partial charge in [-0.05, 0) is 29.2 Å². The summed E-state index contributed by atoms with van der Waals surface area (Å²) in [6.07, 6.45) is 1.91. The van der Waals surface area contributed by atoms with Crippen molar-refractivity contribution >= 4 is 0 Å². The minimum absolute atomic E-state index is 0.111. The molecule has 0 N–H and O–H groups in total. The Hall–Kier alpha value is -2.14. The zero-order chi connectivity index (χ0) is 13.2. The Morgan fingerprint density at radius 1 is 1.11 bits per heavy atom. The number of nitriles is 1. The molecule has 0 fully saturated rings. The first kappa shape index (κ1) is 12.3. The van der Waals surface area contributed by atoms with Crippen LogP contribution in [0.2, 0.25) is 0 Å². The quantitative estimate of drug-likeness (QED) is 0.752. The maximum atomic E-state index is 8.89. The van der Waals surface area contributed by atoms with Crippen LogP contribution in [0.5, 0.6) is 0 Å². The first-order valence-electron chi connectivity index (χ1n) is 5.98.